The maximum atomic E-state index is 12.1. The number of aryl methyl sites for hydroxylation is 2. The SMILES string of the molecule is Cc1ccc(C(=O)NCC(=O)NC(C)CCCC(C)C)cc1C. The zero-order valence-corrected chi connectivity index (χ0v) is 15.0. The van der Waals surface area contributed by atoms with Gasteiger partial charge in [-0.2, -0.15) is 0 Å². The second-order valence-corrected chi connectivity index (χ2v) is 6.78. The molecule has 2 N–H and O–H groups in total. The van der Waals surface area contributed by atoms with Crippen LogP contribution < -0.4 is 10.6 Å². The van der Waals surface area contributed by atoms with Crippen molar-refractivity contribution in [2.75, 3.05) is 6.54 Å². The van der Waals surface area contributed by atoms with Crippen LogP contribution in [0.3, 0.4) is 0 Å². The summed E-state index contributed by atoms with van der Waals surface area (Å²) in [5.74, 6) is 0.338. The lowest BCUT2D eigenvalue weighted by atomic mass is 10.0. The number of benzene rings is 1. The molecule has 0 saturated heterocycles. The van der Waals surface area contributed by atoms with Crippen LogP contribution in [0.5, 0.6) is 0 Å². The summed E-state index contributed by atoms with van der Waals surface area (Å²) in [6.45, 7) is 10.4. The van der Waals surface area contributed by atoms with Crippen LogP contribution in [-0.2, 0) is 4.79 Å². The van der Waals surface area contributed by atoms with Crippen LogP contribution in [0.25, 0.3) is 0 Å². The Morgan fingerprint density at radius 3 is 2.35 bits per heavy atom. The molecule has 1 atom stereocenters. The molecule has 0 fully saturated rings. The number of amides is 2. The largest absolute Gasteiger partial charge is 0.352 e. The van der Waals surface area contributed by atoms with Crippen LogP contribution in [-0.4, -0.2) is 24.4 Å². The van der Waals surface area contributed by atoms with Crippen molar-refractivity contribution in [2.24, 2.45) is 5.92 Å². The van der Waals surface area contributed by atoms with E-state index >= 15 is 0 Å². The molecule has 2 amide bonds. The van der Waals surface area contributed by atoms with Crippen molar-refractivity contribution in [3.63, 3.8) is 0 Å². The molecular formula is C19H30N2O2. The van der Waals surface area contributed by atoms with Gasteiger partial charge in [0.15, 0.2) is 0 Å². The van der Waals surface area contributed by atoms with Gasteiger partial charge in [0.25, 0.3) is 5.91 Å². The molecule has 0 radical (unpaired) electrons. The van der Waals surface area contributed by atoms with Crippen LogP contribution in [0.2, 0.25) is 0 Å². The summed E-state index contributed by atoms with van der Waals surface area (Å²) in [6.07, 6.45) is 3.24. The fourth-order valence-corrected chi connectivity index (χ4v) is 2.38. The van der Waals surface area contributed by atoms with Gasteiger partial charge >= 0.3 is 0 Å². The third-order valence-corrected chi connectivity index (χ3v) is 4.00. The number of hydrogen-bond acceptors (Lipinski definition) is 2. The molecule has 23 heavy (non-hydrogen) atoms. The van der Waals surface area contributed by atoms with Gasteiger partial charge < -0.3 is 10.6 Å². The Labute approximate surface area is 140 Å². The van der Waals surface area contributed by atoms with E-state index in [2.05, 4.69) is 24.5 Å². The Morgan fingerprint density at radius 2 is 1.74 bits per heavy atom. The molecule has 0 aliphatic heterocycles. The smallest absolute Gasteiger partial charge is 0.251 e. The van der Waals surface area contributed by atoms with Gasteiger partial charge in [0.2, 0.25) is 5.91 Å². The first-order valence-electron chi connectivity index (χ1n) is 8.44. The highest BCUT2D eigenvalue weighted by atomic mass is 16.2. The molecule has 1 rings (SSSR count). The van der Waals surface area contributed by atoms with Gasteiger partial charge in [0.05, 0.1) is 6.54 Å². The third-order valence-electron chi connectivity index (χ3n) is 4.00. The number of hydrogen-bond donors (Lipinski definition) is 2. The third kappa shape index (κ3) is 7.31. The molecule has 0 aromatic heterocycles. The van der Waals surface area contributed by atoms with Crippen LogP contribution >= 0.6 is 0 Å². The molecule has 128 valence electrons. The standard InChI is InChI=1S/C19H30N2O2/c1-13(2)7-6-8-16(5)21-18(22)12-20-19(23)17-10-9-14(3)15(4)11-17/h9-11,13,16H,6-8,12H2,1-5H3,(H,20,23)(H,21,22). The van der Waals surface area contributed by atoms with Crippen molar-refractivity contribution in [2.45, 2.75) is 59.9 Å². The lowest BCUT2D eigenvalue weighted by Crippen LogP contribution is -2.40. The van der Waals surface area contributed by atoms with Crippen molar-refractivity contribution >= 4 is 11.8 Å². The van der Waals surface area contributed by atoms with E-state index < -0.39 is 0 Å². The van der Waals surface area contributed by atoms with Crippen molar-refractivity contribution in [1.82, 2.24) is 10.6 Å². The summed E-state index contributed by atoms with van der Waals surface area (Å²) >= 11 is 0. The monoisotopic (exact) mass is 318 g/mol. The van der Waals surface area contributed by atoms with Crippen molar-refractivity contribution in [3.05, 3.63) is 34.9 Å². The van der Waals surface area contributed by atoms with Crippen molar-refractivity contribution in [1.29, 1.82) is 0 Å². The van der Waals surface area contributed by atoms with E-state index in [0.717, 1.165) is 24.0 Å². The van der Waals surface area contributed by atoms with Gasteiger partial charge in [-0.1, -0.05) is 32.8 Å². The number of nitrogens with one attached hydrogen (secondary N) is 2. The molecule has 1 unspecified atom stereocenters. The van der Waals surface area contributed by atoms with E-state index in [4.69, 9.17) is 0 Å². The van der Waals surface area contributed by atoms with E-state index in [0.29, 0.717) is 11.5 Å². The van der Waals surface area contributed by atoms with Crippen LogP contribution in [0, 0.1) is 19.8 Å². The lowest BCUT2D eigenvalue weighted by Gasteiger charge is -2.15. The summed E-state index contributed by atoms with van der Waals surface area (Å²) in [4.78, 5) is 23.9. The molecule has 0 spiro atoms. The summed E-state index contributed by atoms with van der Waals surface area (Å²) in [7, 11) is 0. The van der Waals surface area contributed by atoms with E-state index in [1.165, 1.54) is 6.42 Å². The average molecular weight is 318 g/mol. The van der Waals surface area contributed by atoms with Gasteiger partial charge in [-0.05, 0) is 56.4 Å². The molecule has 0 aliphatic rings. The second-order valence-electron chi connectivity index (χ2n) is 6.78. The van der Waals surface area contributed by atoms with E-state index in [1.807, 2.05) is 32.9 Å². The molecule has 0 saturated carbocycles. The molecule has 1 aromatic carbocycles. The minimum absolute atomic E-state index is 0.0142. The fraction of sp³-hybridized carbons (Fsp3) is 0.579. The number of rotatable bonds is 8. The predicted molar refractivity (Wildman–Crippen MR) is 94.5 cm³/mol. The normalized spacial score (nSPS) is 12.1. The quantitative estimate of drug-likeness (QED) is 0.772. The van der Waals surface area contributed by atoms with E-state index in [1.54, 1.807) is 6.07 Å². The van der Waals surface area contributed by atoms with Crippen LogP contribution in [0.4, 0.5) is 0 Å². The molecule has 1 aromatic rings. The summed E-state index contributed by atoms with van der Waals surface area (Å²) in [6, 6.07) is 5.68. The molecule has 0 bridgehead atoms. The topological polar surface area (TPSA) is 58.2 Å². The first-order valence-corrected chi connectivity index (χ1v) is 8.44. The average Bonchev–Trinajstić information content (AvgIpc) is 2.47. The molecule has 4 nitrogen and oxygen atoms in total. The van der Waals surface area contributed by atoms with E-state index in [9.17, 15) is 9.59 Å². The highest BCUT2D eigenvalue weighted by Gasteiger charge is 2.11. The predicted octanol–water partition coefficient (Wildman–Crippen LogP) is 3.36. The number of carbonyl (C=O) groups is 2. The van der Waals surface area contributed by atoms with Crippen molar-refractivity contribution in [3.8, 4) is 0 Å². The summed E-state index contributed by atoms with van der Waals surface area (Å²) in [5.41, 5.74) is 2.81. The first-order chi connectivity index (χ1) is 10.8. The van der Waals surface area contributed by atoms with Crippen LogP contribution in [0.15, 0.2) is 18.2 Å². The Hall–Kier alpha value is -1.84. The maximum absolute atomic E-state index is 12.1. The Kier molecular flexibility index (Phi) is 7.79. The van der Waals surface area contributed by atoms with Gasteiger partial charge in [0, 0.05) is 11.6 Å². The van der Waals surface area contributed by atoms with Crippen molar-refractivity contribution < 1.29 is 9.59 Å². The van der Waals surface area contributed by atoms with Gasteiger partial charge in [-0.3, -0.25) is 9.59 Å². The number of carbonyl (C=O) groups excluding carboxylic acids is 2. The van der Waals surface area contributed by atoms with E-state index in [-0.39, 0.29) is 24.4 Å². The highest BCUT2D eigenvalue weighted by Crippen LogP contribution is 2.10. The molecule has 0 aliphatic carbocycles. The lowest BCUT2D eigenvalue weighted by molar-refractivity contribution is -0.120. The Balaban J connectivity index is 2.34. The maximum Gasteiger partial charge on any atom is 0.251 e. The minimum atomic E-state index is -0.212. The fourth-order valence-electron chi connectivity index (χ4n) is 2.38. The zero-order chi connectivity index (χ0) is 17.4. The van der Waals surface area contributed by atoms with Crippen LogP contribution in [0.1, 0.15) is 61.5 Å². The molecule has 0 heterocycles. The Morgan fingerprint density at radius 1 is 1.04 bits per heavy atom. The second kappa shape index (κ2) is 9.33. The molecule has 4 heteroatoms. The molecular weight excluding hydrogens is 288 g/mol. The van der Waals surface area contributed by atoms with Gasteiger partial charge in [-0.15, -0.1) is 0 Å². The zero-order valence-electron chi connectivity index (χ0n) is 15.0. The highest BCUT2D eigenvalue weighted by molar-refractivity contribution is 5.96. The minimum Gasteiger partial charge on any atom is -0.352 e. The van der Waals surface area contributed by atoms with Gasteiger partial charge in [0.1, 0.15) is 0 Å². The summed E-state index contributed by atoms with van der Waals surface area (Å²) in [5, 5.41) is 5.60. The Bertz CT molecular complexity index is 538. The summed E-state index contributed by atoms with van der Waals surface area (Å²) < 4.78 is 0. The van der Waals surface area contributed by atoms with Gasteiger partial charge in [-0.25, -0.2) is 0 Å². The first kappa shape index (κ1) is 19.2.